The van der Waals surface area contributed by atoms with Crippen LogP contribution in [0.4, 0.5) is 5.69 Å². The highest BCUT2D eigenvalue weighted by atomic mass is 16.5. The number of esters is 1. The Morgan fingerprint density at radius 1 is 0.880 bits per heavy atom. The van der Waals surface area contributed by atoms with E-state index in [1.807, 2.05) is 44.2 Å². The van der Waals surface area contributed by atoms with Crippen molar-refractivity contribution in [2.45, 2.75) is 27.3 Å². The molecule has 25 heavy (non-hydrogen) atoms. The molecule has 1 N–H and O–H groups in total. The highest BCUT2D eigenvalue weighted by Crippen LogP contribution is 2.28. The number of carbonyl (C=O) groups is 1. The van der Waals surface area contributed by atoms with Crippen LogP contribution in [0.15, 0.2) is 42.5 Å². The monoisotopic (exact) mass is 343 g/mol. The number of hydrogen-bond acceptors (Lipinski definition) is 5. The molecule has 2 aromatic rings. The van der Waals surface area contributed by atoms with Crippen LogP contribution in [-0.4, -0.2) is 25.8 Å². The Morgan fingerprint density at radius 3 is 2.20 bits per heavy atom. The summed E-state index contributed by atoms with van der Waals surface area (Å²) in [5.74, 6) is 1.20. The molecule has 134 valence electrons. The van der Waals surface area contributed by atoms with Gasteiger partial charge in [0.25, 0.3) is 0 Å². The summed E-state index contributed by atoms with van der Waals surface area (Å²) >= 11 is 0. The van der Waals surface area contributed by atoms with Crippen molar-refractivity contribution in [3.8, 4) is 11.5 Å². The molecule has 0 saturated carbocycles. The number of nitrogens with one attached hydrogen (secondary N) is 1. The van der Waals surface area contributed by atoms with E-state index in [2.05, 4.69) is 5.32 Å². The van der Waals surface area contributed by atoms with Crippen molar-refractivity contribution in [1.82, 2.24) is 0 Å². The SMILES string of the molecule is CCOC(=O)c1ccc(NCc2ccc(OCC)c(OCC)c2)cc1. The predicted octanol–water partition coefficient (Wildman–Crippen LogP) is 4.27. The Morgan fingerprint density at radius 2 is 1.56 bits per heavy atom. The first-order chi connectivity index (χ1) is 12.2. The van der Waals surface area contributed by atoms with Crippen LogP contribution in [-0.2, 0) is 11.3 Å². The molecular formula is C20H25NO4. The zero-order valence-electron chi connectivity index (χ0n) is 15.0. The lowest BCUT2D eigenvalue weighted by Gasteiger charge is -2.13. The van der Waals surface area contributed by atoms with Crippen LogP contribution in [0.3, 0.4) is 0 Å². The van der Waals surface area contributed by atoms with E-state index < -0.39 is 0 Å². The highest BCUT2D eigenvalue weighted by Gasteiger charge is 2.07. The largest absolute Gasteiger partial charge is 0.490 e. The number of carbonyl (C=O) groups excluding carboxylic acids is 1. The molecular weight excluding hydrogens is 318 g/mol. The summed E-state index contributed by atoms with van der Waals surface area (Å²) in [5, 5.41) is 3.33. The maximum atomic E-state index is 11.7. The van der Waals surface area contributed by atoms with Gasteiger partial charge in [-0.25, -0.2) is 4.79 Å². The molecule has 0 atom stereocenters. The van der Waals surface area contributed by atoms with E-state index in [4.69, 9.17) is 14.2 Å². The quantitative estimate of drug-likeness (QED) is 0.689. The van der Waals surface area contributed by atoms with Crippen LogP contribution in [0.25, 0.3) is 0 Å². The van der Waals surface area contributed by atoms with Crippen LogP contribution in [0.1, 0.15) is 36.7 Å². The molecule has 0 aliphatic rings. The number of benzene rings is 2. The Kier molecular flexibility index (Phi) is 7.14. The van der Waals surface area contributed by atoms with E-state index in [1.54, 1.807) is 19.1 Å². The zero-order chi connectivity index (χ0) is 18.1. The van der Waals surface area contributed by atoms with Gasteiger partial charge in [-0.3, -0.25) is 0 Å². The molecule has 0 amide bonds. The lowest BCUT2D eigenvalue weighted by atomic mass is 10.1. The molecule has 0 aromatic heterocycles. The molecule has 0 spiro atoms. The minimum atomic E-state index is -0.304. The van der Waals surface area contributed by atoms with Gasteiger partial charge in [-0.1, -0.05) is 6.07 Å². The zero-order valence-corrected chi connectivity index (χ0v) is 15.0. The summed E-state index contributed by atoms with van der Waals surface area (Å²) in [6.45, 7) is 7.90. The molecule has 0 bridgehead atoms. The van der Waals surface area contributed by atoms with Gasteiger partial charge < -0.3 is 19.5 Å². The molecule has 0 aliphatic heterocycles. The van der Waals surface area contributed by atoms with Gasteiger partial charge in [0.15, 0.2) is 11.5 Å². The molecule has 0 unspecified atom stereocenters. The lowest BCUT2D eigenvalue weighted by molar-refractivity contribution is 0.0526. The molecule has 0 aliphatic carbocycles. The Balaban J connectivity index is 2.00. The average molecular weight is 343 g/mol. The van der Waals surface area contributed by atoms with E-state index in [1.165, 1.54) is 0 Å². The second-order valence-electron chi connectivity index (χ2n) is 5.30. The lowest BCUT2D eigenvalue weighted by Crippen LogP contribution is -2.05. The first-order valence-electron chi connectivity index (χ1n) is 8.57. The highest BCUT2D eigenvalue weighted by molar-refractivity contribution is 5.89. The first-order valence-corrected chi connectivity index (χ1v) is 8.57. The third kappa shape index (κ3) is 5.41. The number of anilines is 1. The number of hydrogen-bond donors (Lipinski definition) is 1. The van der Waals surface area contributed by atoms with Gasteiger partial charge >= 0.3 is 5.97 Å². The fraction of sp³-hybridized carbons (Fsp3) is 0.350. The molecule has 0 radical (unpaired) electrons. The molecule has 0 heterocycles. The normalized spacial score (nSPS) is 10.2. The summed E-state index contributed by atoms with van der Waals surface area (Å²) in [6.07, 6.45) is 0. The summed E-state index contributed by atoms with van der Waals surface area (Å²) in [4.78, 5) is 11.7. The van der Waals surface area contributed by atoms with Crippen LogP contribution in [0, 0.1) is 0 Å². The van der Waals surface area contributed by atoms with Crippen molar-refractivity contribution >= 4 is 11.7 Å². The second-order valence-corrected chi connectivity index (χ2v) is 5.30. The van der Waals surface area contributed by atoms with Gasteiger partial charge in [0, 0.05) is 12.2 Å². The average Bonchev–Trinajstić information content (AvgIpc) is 2.63. The van der Waals surface area contributed by atoms with Gasteiger partial charge in [-0.2, -0.15) is 0 Å². The van der Waals surface area contributed by atoms with Crippen molar-refractivity contribution in [3.63, 3.8) is 0 Å². The van der Waals surface area contributed by atoms with E-state index in [-0.39, 0.29) is 5.97 Å². The van der Waals surface area contributed by atoms with Crippen LogP contribution < -0.4 is 14.8 Å². The number of ether oxygens (including phenoxy) is 3. The predicted molar refractivity (Wildman–Crippen MR) is 98.5 cm³/mol. The van der Waals surface area contributed by atoms with Gasteiger partial charge in [0.05, 0.1) is 25.4 Å². The molecule has 0 saturated heterocycles. The van der Waals surface area contributed by atoms with E-state index >= 15 is 0 Å². The standard InChI is InChI=1S/C20H25NO4/c1-4-23-18-12-7-15(13-19(18)24-5-2)14-21-17-10-8-16(9-11-17)20(22)25-6-3/h7-13,21H,4-6,14H2,1-3H3. The smallest absolute Gasteiger partial charge is 0.338 e. The minimum absolute atomic E-state index is 0.304. The van der Waals surface area contributed by atoms with E-state index in [0.29, 0.717) is 31.9 Å². The van der Waals surface area contributed by atoms with Crippen molar-refractivity contribution in [3.05, 3.63) is 53.6 Å². The van der Waals surface area contributed by atoms with Gasteiger partial charge in [-0.05, 0) is 62.7 Å². The number of rotatable bonds is 9. The summed E-state index contributed by atoms with van der Waals surface area (Å²) in [7, 11) is 0. The van der Waals surface area contributed by atoms with Gasteiger partial charge in [0.1, 0.15) is 0 Å². The molecule has 2 aromatic carbocycles. The molecule has 0 fully saturated rings. The molecule has 5 heteroatoms. The van der Waals surface area contributed by atoms with Gasteiger partial charge in [-0.15, -0.1) is 0 Å². The fourth-order valence-electron chi connectivity index (χ4n) is 2.35. The minimum Gasteiger partial charge on any atom is -0.490 e. The van der Waals surface area contributed by atoms with Crippen LogP contribution in [0.5, 0.6) is 11.5 Å². The first kappa shape index (κ1) is 18.6. The third-order valence-electron chi connectivity index (χ3n) is 3.50. The Labute approximate surface area is 148 Å². The van der Waals surface area contributed by atoms with Crippen LogP contribution in [0.2, 0.25) is 0 Å². The molecule has 5 nitrogen and oxygen atoms in total. The Hall–Kier alpha value is -2.69. The summed E-state index contributed by atoms with van der Waals surface area (Å²) in [6, 6.07) is 13.2. The van der Waals surface area contributed by atoms with E-state index in [9.17, 15) is 4.79 Å². The van der Waals surface area contributed by atoms with Crippen molar-refractivity contribution < 1.29 is 19.0 Å². The van der Waals surface area contributed by atoms with E-state index in [0.717, 1.165) is 22.7 Å². The topological polar surface area (TPSA) is 56.8 Å². The molecule has 2 rings (SSSR count). The van der Waals surface area contributed by atoms with Gasteiger partial charge in [0.2, 0.25) is 0 Å². The maximum Gasteiger partial charge on any atom is 0.338 e. The van der Waals surface area contributed by atoms with Crippen molar-refractivity contribution in [2.24, 2.45) is 0 Å². The third-order valence-corrected chi connectivity index (χ3v) is 3.50. The second kappa shape index (κ2) is 9.57. The Bertz CT molecular complexity index is 683. The van der Waals surface area contributed by atoms with Crippen LogP contribution >= 0.6 is 0 Å². The maximum absolute atomic E-state index is 11.7. The summed E-state index contributed by atoms with van der Waals surface area (Å²) in [5.41, 5.74) is 2.56. The van der Waals surface area contributed by atoms with Crippen molar-refractivity contribution in [1.29, 1.82) is 0 Å². The van der Waals surface area contributed by atoms with Crippen molar-refractivity contribution in [2.75, 3.05) is 25.1 Å². The summed E-state index contributed by atoms with van der Waals surface area (Å²) < 4.78 is 16.2. The fourth-order valence-corrected chi connectivity index (χ4v) is 2.35.